The lowest BCUT2D eigenvalue weighted by Gasteiger charge is -2.28. The number of para-hydroxylation sites is 1. The summed E-state index contributed by atoms with van der Waals surface area (Å²) in [5.74, 6) is -0.123. The fourth-order valence-electron chi connectivity index (χ4n) is 4.02. The number of ketones is 1. The summed E-state index contributed by atoms with van der Waals surface area (Å²) in [7, 11) is 0. The predicted molar refractivity (Wildman–Crippen MR) is 137 cm³/mol. The fraction of sp³-hybridized carbons (Fsp3) is 0.310. The average Bonchev–Trinajstić information content (AvgIpc) is 2.89. The Hall–Kier alpha value is -3.44. The van der Waals surface area contributed by atoms with E-state index in [9.17, 15) is 9.59 Å². The Morgan fingerprint density at radius 2 is 1.35 bits per heavy atom. The third-order valence-corrected chi connectivity index (χ3v) is 6.02. The number of hydrogen-bond donors (Lipinski definition) is 2. The van der Waals surface area contributed by atoms with E-state index in [0.29, 0.717) is 12.1 Å². The topological polar surface area (TPSA) is 67.4 Å². The number of carbonyl (C=O) groups is 2. The molecule has 0 aromatic heterocycles. The monoisotopic (exact) mass is 458 g/mol. The van der Waals surface area contributed by atoms with Crippen molar-refractivity contribution in [3.8, 4) is 0 Å². The maximum atomic E-state index is 13.4. The summed E-state index contributed by atoms with van der Waals surface area (Å²) in [5.41, 5.74) is 2.35. The molecule has 0 aliphatic rings. The van der Waals surface area contributed by atoms with Crippen LogP contribution in [0.25, 0.3) is 0 Å². The molecule has 0 bridgehead atoms. The maximum absolute atomic E-state index is 13.4. The van der Waals surface area contributed by atoms with Gasteiger partial charge in [0.2, 0.25) is 0 Å². The minimum absolute atomic E-state index is 0.0168. The largest absolute Gasteiger partial charge is 0.459 e. The van der Waals surface area contributed by atoms with Crippen molar-refractivity contribution in [2.45, 2.75) is 38.8 Å². The van der Waals surface area contributed by atoms with Crippen LogP contribution in [0.15, 0.2) is 91.0 Å². The van der Waals surface area contributed by atoms with Gasteiger partial charge in [-0.25, -0.2) is 4.79 Å². The normalized spacial score (nSPS) is 12.7. The van der Waals surface area contributed by atoms with Gasteiger partial charge in [0, 0.05) is 17.8 Å². The molecule has 0 radical (unpaired) electrons. The summed E-state index contributed by atoms with van der Waals surface area (Å²) in [6, 6.07) is 27.8. The van der Waals surface area contributed by atoms with E-state index in [0.717, 1.165) is 24.1 Å². The zero-order chi connectivity index (χ0) is 24.2. The molecule has 3 aromatic carbocycles. The van der Waals surface area contributed by atoms with Gasteiger partial charge in [-0.15, -0.1) is 0 Å². The van der Waals surface area contributed by atoms with Gasteiger partial charge in [0.1, 0.15) is 6.10 Å². The molecule has 0 saturated heterocycles. The second-order valence-electron chi connectivity index (χ2n) is 8.33. The summed E-state index contributed by atoms with van der Waals surface area (Å²) in [6.45, 7) is 4.81. The fourth-order valence-corrected chi connectivity index (χ4v) is 4.02. The van der Waals surface area contributed by atoms with Gasteiger partial charge in [-0.05, 0) is 36.5 Å². The summed E-state index contributed by atoms with van der Waals surface area (Å²) in [5, 5.41) is 6.54. The van der Waals surface area contributed by atoms with Gasteiger partial charge in [-0.1, -0.05) is 92.7 Å². The average molecular weight is 459 g/mol. The number of Topliss-reactive ketones (excluding diaryl/α,β-unsaturated/α-hetero) is 1. The molecule has 0 heterocycles. The molecule has 0 aliphatic heterocycles. The van der Waals surface area contributed by atoms with Crippen LogP contribution in [-0.2, 0) is 9.53 Å². The first-order valence-electron chi connectivity index (χ1n) is 12.0. The maximum Gasteiger partial charge on any atom is 0.333 e. The standard InChI is InChI=1S/C29H34N2O3/c1-3-22(4-2)27(21-30-20-26(32)23-14-8-5-9-15-23)34-29(33)28(24-16-10-6-11-17-24)31-25-18-12-7-13-19-25/h5-19,22,27-28,30-31H,3-4,20-21H2,1-2H3/t27-,28?/m0/s1. The van der Waals surface area contributed by atoms with Crippen LogP contribution in [0.2, 0.25) is 0 Å². The Morgan fingerprint density at radius 1 is 0.794 bits per heavy atom. The lowest BCUT2D eigenvalue weighted by molar-refractivity contribution is -0.153. The molecule has 0 aliphatic carbocycles. The Labute approximate surface area is 202 Å². The number of esters is 1. The molecule has 2 N–H and O–H groups in total. The zero-order valence-electron chi connectivity index (χ0n) is 19.9. The number of hydrogen-bond acceptors (Lipinski definition) is 5. The summed E-state index contributed by atoms with van der Waals surface area (Å²) >= 11 is 0. The molecular weight excluding hydrogens is 424 g/mol. The van der Waals surface area contributed by atoms with Gasteiger partial charge >= 0.3 is 5.97 Å². The smallest absolute Gasteiger partial charge is 0.333 e. The minimum atomic E-state index is -0.633. The van der Waals surface area contributed by atoms with Crippen LogP contribution in [0.3, 0.4) is 0 Å². The van der Waals surface area contributed by atoms with Crippen molar-refractivity contribution >= 4 is 17.4 Å². The lowest BCUT2D eigenvalue weighted by Crippen LogP contribution is -2.40. The van der Waals surface area contributed by atoms with Gasteiger partial charge in [0.15, 0.2) is 11.8 Å². The Bertz CT molecular complexity index is 1010. The summed E-state index contributed by atoms with van der Waals surface area (Å²) < 4.78 is 6.10. The molecule has 5 nitrogen and oxygen atoms in total. The molecule has 34 heavy (non-hydrogen) atoms. The second-order valence-corrected chi connectivity index (χ2v) is 8.33. The zero-order valence-corrected chi connectivity index (χ0v) is 19.9. The third-order valence-electron chi connectivity index (χ3n) is 6.02. The van der Waals surface area contributed by atoms with Gasteiger partial charge < -0.3 is 15.4 Å². The highest BCUT2D eigenvalue weighted by Gasteiger charge is 2.28. The van der Waals surface area contributed by atoms with Gasteiger partial charge in [-0.2, -0.15) is 0 Å². The van der Waals surface area contributed by atoms with Crippen LogP contribution in [-0.4, -0.2) is 30.9 Å². The van der Waals surface area contributed by atoms with Crippen LogP contribution in [0.5, 0.6) is 0 Å². The Balaban J connectivity index is 1.70. The molecule has 178 valence electrons. The van der Waals surface area contributed by atoms with E-state index in [1.165, 1.54) is 0 Å². The highest BCUT2D eigenvalue weighted by atomic mass is 16.5. The molecule has 0 spiro atoms. The highest BCUT2D eigenvalue weighted by molar-refractivity contribution is 5.97. The van der Waals surface area contributed by atoms with E-state index in [-0.39, 0.29) is 30.3 Å². The molecule has 0 amide bonds. The number of ether oxygens (including phenoxy) is 1. The van der Waals surface area contributed by atoms with E-state index in [2.05, 4.69) is 24.5 Å². The number of rotatable bonds is 13. The molecule has 0 saturated carbocycles. The number of benzene rings is 3. The van der Waals surface area contributed by atoms with E-state index in [1.807, 2.05) is 91.0 Å². The summed E-state index contributed by atoms with van der Waals surface area (Å²) in [6.07, 6.45) is 1.42. The summed E-state index contributed by atoms with van der Waals surface area (Å²) in [4.78, 5) is 25.9. The minimum Gasteiger partial charge on any atom is -0.459 e. The first kappa shape index (κ1) is 25.2. The molecule has 2 atom stereocenters. The Morgan fingerprint density at radius 3 is 1.94 bits per heavy atom. The number of nitrogens with one attached hydrogen (secondary N) is 2. The Kier molecular flexibility index (Phi) is 9.86. The molecule has 0 fully saturated rings. The van der Waals surface area contributed by atoms with Crippen LogP contribution in [0.1, 0.15) is 48.7 Å². The first-order valence-corrected chi connectivity index (χ1v) is 12.0. The quantitative estimate of drug-likeness (QED) is 0.256. The van der Waals surface area contributed by atoms with Crippen molar-refractivity contribution in [1.29, 1.82) is 0 Å². The van der Waals surface area contributed by atoms with Gasteiger partial charge in [-0.3, -0.25) is 4.79 Å². The number of carbonyl (C=O) groups excluding carboxylic acids is 2. The van der Waals surface area contributed by atoms with Crippen molar-refractivity contribution in [3.63, 3.8) is 0 Å². The molecule has 5 heteroatoms. The second kappa shape index (κ2) is 13.3. The first-order chi connectivity index (χ1) is 16.6. The van der Waals surface area contributed by atoms with Gasteiger partial charge in [0.25, 0.3) is 0 Å². The van der Waals surface area contributed by atoms with E-state index < -0.39 is 6.04 Å². The van der Waals surface area contributed by atoms with Crippen LogP contribution >= 0.6 is 0 Å². The lowest BCUT2D eigenvalue weighted by atomic mass is 9.96. The van der Waals surface area contributed by atoms with Crippen molar-refractivity contribution in [1.82, 2.24) is 5.32 Å². The van der Waals surface area contributed by atoms with Crippen LogP contribution in [0.4, 0.5) is 5.69 Å². The van der Waals surface area contributed by atoms with Gasteiger partial charge in [0.05, 0.1) is 6.54 Å². The van der Waals surface area contributed by atoms with Crippen molar-refractivity contribution in [2.75, 3.05) is 18.4 Å². The van der Waals surface area contributed by atoms with E-state index >= 15 is 0 Å². The molecule has 1 unspecified atom stereocenters. The van der Waals surface area contributed by atoms with E-state index in [1.54, 1.807) is 0 Å². The van der Waals surface area contributed by atoms with Crippen LogP contribution < -0.4 is 10.6 Å². The number of anilines is 1. The molecular formula is C29H34N2O3. The molecule has 3 rings (SSSR count). The van der Waals surface area contributed by atoms with E-state index in [4.69, 9.17) is 4.74 Å². The molecule has 3 aromatic rings. The highest BCUT2D eigenvalue weighted by Crippen LogP contribution is 2.24. The SMILES string of the molecule is CCC(CC)[C@H](CNCC(=O)c1ccccc1)OC(=O)C(Nc1ccccc1)c1ccccc1. The predicted octanol–water partition coefficient (Wildman–Crippen LogP) is 5.66. The van der Waals surface area contributed by atoms with Crippen LogP contribution in [0, 0.1) is 5.92 Å². The third kappa shape index (κ3) is 7.29. The van der Waals surface area contributed by atoms with Crippen molar-refractivity contribution in [2.24, 2.45) is 5.92 Å². The van der Waals surface area contributed by atoms with Crippen molar-refractivity contribution in [3.05, 3.63) is 102 Å². The van der Waals surface area contributed by atoms with Crippen molar-refractivity contribution < 1.29 is 14.3 Å².